The summed E-state index contributed by atoms with van der Waals surface area (Å²) in [6.45, 7) is 7.50. The van der Waals surface area contributed by atoms with E-state index in [2.05, 4.69) is 42.3 Å². The molecule has 108 valence electrons. The summed E-state index contributed by atoms with van der Waals surface area (Å²) < 4.78 is 0. The van der Waals surface area contributed by atoms with Crippen LogP contribution in [0.2, 0.25) is 0 Å². The number of nitrogens with zero attached hydrogens (tertiary/aromatic N) is 1. The second-order valence-corrected chi connectivity index (χ2v) is 5.15. The van der Waals surface area contributed by atoms with Crippen molar-refractivity contribution < 1.29 is 4.79 Å². The summed E-state index contributed by atoms with van der Waals surface area (Å²) >= 11 is 1.41. The molecule has 1 amide bonds. The van der Waals surface area contributed by atoms with Crippen LogP contribution in [0.5, 0.6) is 0 Å². The number of hydrogen-bond acceptors (Lipinski definition) is 5. The molecule has 1 rings (SSSR count). The number of anilines is 1. The second-order valence-electron chi connectivity index (χ2n) is 4.16. The van der Waals surface area contributed by atoms with Crippen molar-refractivity contribution >= 4 is 30.1 Å². The van der Waals surface area contributed by atoms with Gasteiger partial charge in [-0.15, -0.1) is 0 Å². The summed E-state index contributed by atoms with van der Waals surface area (Å²) in [4.78, 5) is 14.9. The number of primary amides is 1. The van der Waals surface area contributed by atoms with Crippen LogP contribution in [0, 0.1) is 13.8 Å². The Bertz CT molecular complexity index is 540. The number of hydrogen-bond donors (Lipinski definition) is 3. The standard InChI is InChI=1S/C14H20N4OS/c1-9-6-5-7-11(10(9)2)18-8-20-14(17-4)12(16-3)13(15)19/h5-7,17-18H,3,8H2,1-2,4H3,(H2,15,19)/b14-12-. The minimum absolute atomic E-state index is 0.153. The molecule has 6 heteroatoms. The highest BCUT2D eigenvalue weighted by atomic mass is 32.2. The molecule has 0 atom stereocenters. The summed E-state index contributed by atoms with van der Waals surface area (Å²) in [7, 11) is 1.72. The van der Waals surface area contributed by atoms with E-state index < -0.39 is 5.91 Å². The molecule has 0 fully saturated rings. The monoisotopic (exact) mass is 292 g/mol. The summed E-state index contributed by atoms with van der Waals surface area (Å²) in [6.07, 6.45) is 0. The van der Waals surface area contributed by atoms with E-state index in [0.717, 1.165) is 5.69 Å². The third kappa shape index (κ3) is 4.03. The van der Waals surface area contributed by atoms with Gasteiger partial charge in [-0.2, -0.15) is 0 Å². The van der Waals surface area contributed by atoms with Gasteiger partial charge in [-0.1, -0.05) is 23.9 Å². The van der Waals surface area contributed by atoms with Crippen LogP contribution in [0.4, 0.5) is 5.69 Å². The lowest BCUT2D eigenvalue weighted by Crippen LogP contribution is -2.19. The van der Waals surface area contributed by atoms with Gasteiger partial charge in [-0.3, -0.25) is 9.79 Å². The Hall–Kier alpha value is -1.95. The highest BCUT2D eigenvalue weighted by molar-refractivity contribution is 8.03. The molecule has 4 N–H and O–H groups in total. The van der Waals surface area contributed by atoms with Gasteiger partial charge in [0.05, 0.1) is 5.88 Å². The Morgan fingerprint density at radius 3 is 2.70 bits per heavy atom. The van der Waals surface area contributed by atoms with E-state index in [4.69, 9.17) is 5.73 Å². The molecule has 1 aromatic rings. The van der Waals surface area contributed by atoms with Crippen molar-refractivity contribution in [2.45, 2.75) is 13.8 Å². The molecule has 0 bridgehead atoms. The molecule has 0 aliphatic rings. The van der Waals surface area contributed by atoms with E-state index in [-0.39, 0.29) is 5.70 Å². The number of carbonyl (C=O) groups excluding carboxylic acids is 1. The number of nitrogens with one attached hydrogen (secondary N) is 2. The lowest BCUT2D eigenvalue weighted by atomic mass is 10.1. The lowest BCUT2D eigenvalue weighted by molar-refractivity contribution is -0.114. The highest BCUT2D eigenvalue weighted by Gasteiger charge is 2.10. The molecule has 1 aromatic carbocycles. The highest BCUT2D eigenvalue weighted by Crippen LogP contribution is 2.21. The Kier molecular flexibility index (Phi) is 6.11. The molecule has 0 aliphatic carbocycles. The third-order valence-corrected chi connectivity index (χ3v) is 3.89. The van der Waals surface area contributed by atoms with Crippen molar-refractivity contribution in [3.05, 3.63) is 40.1 Å². The van der Waals surface area contributed by atoms with Crippen molar-refractivity contribution in [2.75, 3.05) is 18.2 Å². The van der Waals surface area contributed by atoms with Gasteiger partial charge in [0.2, 0.25) is 0 Å². The normalized spacial score (nSPS) is 11.6. The quantitative estimate of drug-likeness (QED) is 0.408. The predicted molar refractivity (Wildman–Crippen MR) is 86.8 cm³/mol. The van der Waals surface area contributed by atoms with Crippen molar-refractivity contribution in [1.29, 1.82) is 0 Å². The minimum atomic E-state index is -0.594. The minimum Gasteiger partial charge on any atom is -0.381 e. The van der Waals surface area contributed by atoms with Gasteiger partial charge in [0.1, 0.15) is 5.03 Å². The van der Waals surface area contributed by atoms with Gasteiger partial charge in [-0.25, -0.2) is 0 Å². The van der Waals surface area contributed by atoms with Crippen LogP contribution in [0.25, 0.3) is 0 Å². The van der Waals surface area contributed by atoms with Gasteiger partial charge < -0.3 is 16.4 Å². The maximum Gasteiger partial charge on any atom is 0.269 e. The number of rotatable bonds is 7. The van der Waals surface area contributed by atoms with Crippen LogP contribution < -0.4 is 16.4 Å². The van der Waals surface area contributed by atoms with Crippen LogP contribution in [0.15, 0.2) is 33.9 Å². The van der Waals surface area contributed by atoms with E-state index in [1.54, 1.807) is 7.05 Å². The summed E-state index contributed by atoms with van der Waals surface area (Å²) in [5.41, 5.74) is 8.91. The van der Waals surface area contributed by atoms with E-state index in [9.17, 15) is 4.79 Å². The molecule has 0 saturated carbocycles. The molecule has 5 nitrogen and oxygen atoms in total. The topological polar surface area (TPSA) is 79.5 Å². The Balaban J connectivity index is 2.74. The van der Waals surface area contributed by atoms with Gasteiger partial charge in [0.15, 0.2) is 5.70 Å². The zero-order chi connectivity index (χ0) is 15.1. The third-order valence-electron chi connectivity index (χ3n) is 2.92. The largest absolute Gasteiger partial charge is 0.381 e. The molecule has 0 saturated heterocycles. The predicted octanol–water partition coefficient (Wildman–Crippen LogP) is 1.98. The molecular formula is C14H20N4OS. The number of carbonyl (C=O) groups is 1. The fourth-order valence-corrected chi connectivity index (χ4v) is 2.47. The Morgan fingerprint density at radius 1 is 1.45 bits per heavy atom. The SMILES string of the molecule is C=N/C(C(N)=O)=C(/NC)SCNc1cccc(C)c1C. The summed E-state index contributed by atoms with van der Waals surface area (Å²) in [5, 5.41) is 6.83. The number of aryl methyl sites for hydroxylation is 1. The van der Waals surface area contributed by atoms with Gasteiger partial charge in [0, 0.05) is 12.7 Å². The molecule has 0 radical (unpaired) electrons. The first-order valence-corrected chi connectivity index (χ1v) is 7.11. The first-order chi connectivity index (χ1) is 9.51. The van der Waals surface area contributed by atoms with Crippen LogP contribution >= 0.6 is 11.8 Å². The van der Waals surface area contributed by atoms with Crippen molar-refractivity contribution in [3.8, 4) is 0 Å². The number of thioether (sulfide) groups is 1. The fraction of sp³-hybridized carbons (Fsp3) is 0.286. The molecule has 0 unspecified atom stereocenters. The van der Waals surface area contributed by atoms with Gasteiger partial charge >= 0.3 is 0 Å². The number of benzene rings is 1. The van der Waals surface area contributed by atoms with Crippen LogP contribution in [-0.4, -0.2) is 25.5 Å². The molecule has 0 heterocycles. The maximum absolute atomic E-state index is 11.2. The molecule has 20 heavy (non-hydrogen) atoms. The molecular weight excluding hydrogens is 272 g/mol. The van der Waals surface area contributed by atoms with E-state index in [0.29, 0.717) is 10.9 Å². The van der Waals surface area contributed by atoms with Gasteiger partial charge in [-0.05, 0) is 37.8 Å². The van der Waals surface area contributed by atoms with E-state index in [1.165, 1.54) is 22.9 Å². The average molecular weight is 292 g/mol. The zero-order valence-corrected chi connectivity index (χ0v) is 12.8. The second kappa shape index (κ2) is 7.59. The molecule has 0 spiro atoms. The summed E-state index contributed by atoms with van der Waals surface area (Å²) in [5.74, 6) is -0.00386. The Labute approximate surface area is 123 Å². The molecule has 0 aromatic heterocycles. The Morgan fingerprint density at radius 2 is 2.15 bits per heavy atom. The summed E-state index contributed by atoms with van der Waals surface area (Å²) in [6, 6.07) is 6.09. The first kappa shape index (κ1) is 16.1. The number of aliphatic imine (C=N–C) groups is 1. The van der Waals surface area contributed by atoms with Gasteiger partial charge in [0.25, 0.3) is 5.91 Å². The fourth-order valence-electron chi connectivity index (χ4n) is 1.65. The van der Waals surface area contributed by atoms with Crippen LogP contribution in [-0.2, 0) is 4.79 Å². The number of amides is 1. The van der Waals surface area contributed by atoms with Crippen molar-refractivity contribution in [1.82, 2.24) is 5.32 Å². The van der Waals surface area contributed by atoms with E-state index in [1.807, 2.05) is 12.1 Å². The van der Waals surface area contributed by atoms with Crippen molar-refractivity contribution in [2.24, 2.45) is 10.7 Å². The molecule has 0 aliphatic heterocycles. The smallest absolute Gasteiger partial charge is 0.269 e. The van der Waals surface area contributed by atoms with Crippen LogP contribution in [0.3, 0.4) is 0 Å². The van der Waals surface area contributed by atoms with Crippen LogP contribution in [0.1, 0.15) is 11.1 Å². The van der Waals surface area contributed by atoms with Crippen molar-refractivity contribution in [3.63, 3.8) is 0 Å². The first-order valence-electron chi connectivity index (χ1n) is 6.12. The lowest BCUT2D eigenvalue weighted by Gasteiger charge is -2.13. The number of nitrogens with two attached hydrogens (primary N) is 1. The zero-order valence-electron chi connectivity index (χ0n) is 12.0. The maximum atomic E-state index is 11.2. The van der Waals surface area contributed by atoms with E-state index >= 15 is 0 Å². The average Bonchev–Trinajstić information content (AvgIpc) is 2.42.